The third-order valence-corrected chi connectivity index (χ3v) is 6.04. The number of amides is 2. The van der Waals surface area contributed by atoms with E-state index in [1.165, 1.54) is 11.8 Å². The van der Waals surface area contributed by atoms with E-state index in [9.17, 15) is 14.4 Å². The van der Waals surface area contributed by atoms with Crippen molar-refractivity contribution in [1.29, 1.82) is 0 Å². The lowest BCUT2D eigenvalue weighted by Crippen LogP contribution is -2.45. The first kappa shape index (κ1) is 15.6. The molecule has 2 amide bonds. The maximum absolute atomic E-state index is 12.3. The van der Waals surface area contributed by atoms with Gasteiger partial charge in [-0.3, -0.25) is 14.4 Å². The van der Waals surface area contributed by atoms with Crippen molar-refractivity contribution in [2.75, 3.05) is 12.4 Å². The second kappa shape index (κ2) is 5.70. The number of carbonyl (C=O) groups is 3. The number of allylic oxidation sites excluding steroid dienone is 2. The molecule has 0 saturated carbocycles. The van der Waals surface area contributed by atoms with Gasteiger partial charge < -0.3 is 15.4 Å². The van der Waals surface area contributed by atoms with Crippen molar-refractivity contribution in [2.24, 2.45) is 11.3 Å². The summed E-state index contributed by atoms with van der Waals surface area (Å²) in [6.07, 6.45) is 1.29. The van der Waals surface area contributed by atoms with E-state index < -0.39 is 0 Å². The number of carbonyl (C=O) groups excluding carboxylic acids is 3. The van der Waals surface area contributed by atoms with Crippen molar-refractivity contribution in [2.45, 2.75) is 39.3 Å². The molecule has 2 atom stereocenters. The molecule has 1 saturated heterocycles. The van der Waals surface area contributed by atoms with Crippen LogP contribution in [0.4, 0.5) is 0 Å². The van der Waals surface area contributed by atoms with Gasteiger partial charge in [-0.25, -0.2) is 0 Å². The standard InChI is InChI=1S/C15H20N2O4S/c1-15(2)8(6-21-12-4-3-10(19)16-12)5-9(18)13-14(15)22-7-11(20)17-13/h8,12H,3-7H2,1-2H3,(H,16,19)(H,17,20)/t8-,12-/m0/s1. The lowest BCUT2D eigenvalue weighted by atomic mass is 9.71. The van der Waals surface area contributed by atoms with Crippen molar-refractivity contribution >= 4 is 29.4 Å². The Kier molecular flexibility index (Phi) is 4.03. The highest BCUT2D eigenvalue weighted by Crippen LogP contribution is 2.49. The van der Waals surface area contributed by atoms with Crippen LogP contribution in [0.15, 0.2) is 10.6 Å². The van der Waals surface area contributed by atoms with Gasteiger partial charge in [-0.1, -0.05) is 13.8 Å². The maximum atomic E-state index is 12.3. The molecule has 1 aliphatic carbocycles. The molecule has 0 aromatic carbocycles. The number of Topliss-reactive ketones (excluding diaryl/α,β-unsaturated/α-hetero) is 1. The first-order valence-corrected chi connectivity index (χ1v) is 8.48. The second-order valence-electron chi connectivity index (χ2n) is 6.52. The average molecular weight is 324 g/mol. The molecular weight excluding hydrogens is 304 g/mol. The molecule has 6 nitrogen and oxygen atoms in total. The minimum absolute atomic E-state index is 0.0134. The smallest absolute Gasteiger partial charge is 0.234 e. The lowest BCUT2D eigenvalue weighted by Gasteiger charge is -2.42. The molecule has 1 fully saturated rings. The number of ether oxygens (including phenoxy) is 1. The Hall–Kier alpha value is -1.34. The molecular formula is C15H20N2O4S. The topological polar surface area (TPSA) is 84.5 Å². The van der Waals surface area contributed by atoms with E-state index in [-0.39, 0.29) is 35.2 Å². The van der Waals surface area contributed by atoms with Gasteiger partial charge in [0.2, 0.25) is 11.8 Å². The van der Waals surface area contributed by atoms with Gasteiger partial charge >= 0.3 is 0 Å². The average Bonchev–Trinajstić information content (AvgIpc) is 2.87. The van der Waals surface area contributed by atoms with Gasteiger partial charge in [0.1, 0.15) is 6.23 Å². The van der Waals surface area contributed by atoms with E-state index in [0.29, 0.717) is 37.3 Å². The van der Waals surface area contributed by atoms with Gasteiger partial charge in [-0.05, 0) is 5.92 Å². The molecule has 3 aliphatic rings. The predicted molar refractivity (Wildman–Crippen MR) is 81.6 cm³/mol. The highest BCUT2D eigenvalue weighted by Gasteiger charge is 2.45. The Labute approximate surface area is 133 Å². The zero-order chi connectivity index (χ0) is 15.9. The van der Waals surface area contributed by atoms with Crippen molar-refractivity contribution in [1.82, 2.24) is 10.6 Å². The Bertz CT molecular complexity index is 570. The first-order valence-electron chi connectivity index (χ1n) is 7.49. The minimum Gasteiger partial charge on any atom is -0.358 e. The SMILES string of the molecule is CC1(C)C2=C(NC(=O)CS2)C(=O)C[C@H]1CO[C@H]1CCC(=O)N1. The number of rotatable bonds is 3. The molecule has 120 valence electrons. The van der Waals surface area contributed by atoms with Crippen molar-refractivity contribution in [3.63, 3.8) is 0 Å². The quantitative estimate of drug-likeness (QED) is 0.807. The molecule has 22 heavy (non-hydrogen) atoms. The second-order valence-corrected chi connectivity index (χ2v) is 7.50. The van der Waals surface area contributed by atoms with Gasteiger partial charge in [-0.2, -0.15) is 0 Å². The Morgan fingerprint density at radius 3 is 2.73 bits per heavy atom. The van der Waals surface area contributed by atoms with E-state index >= 15 is 0 Å². The van der Waals surface area contributed by atoms with E-state index in [2.05, 4.69) is 24.5 Å². The molecule has 2 aliphatic heterocycles. The van der Waals surface area contributed by atoms with Crippen LogP contribution in [0.1, 0.15) is 33.1 Å². The van der Waals surface area contributed by atoms with Gasteiger partial charge in [-0.15, -0.1) is 11.8 Å². The van der Waals surface area contributed by atoms with Crippen LogP contribution >= 0.6 is 11.8 Å². The number of ketones is 1. The summed E-state index contributed by atoms with van der Waals surface area (Å²) in [5.41, 5.74) is 0.237. The largest absolute Gasteiger partial charge is 0.358 e. The molecule has 0 radical (unpaired) electrons. The zero-order valence-corrected chi connectivity index (χ0v) is 13.5. The normalized spacial score (nSPS) is 30.9. The highest BCUT2D eigenvalue weighted by molar-refractivity contribution is 8.03. The van der Waals surface area contributed by atoms with E-state index in [0.717, 1.165) is 4.91 Å². The molecule has 7 heteroatoms. The Morgan fingerprint density at radius 2 is 2.05 bits per heavy atom. The van der Waals surface area contributed by atoms with Crippen molar-refractivity contribution in [3.05, 3.63) is 10.6 Å². The van der Waals surface area contributed by atoms with Gasteiger partial charge in [0.15, 0.2) is 5.78 Å². The monoisotopic (exact) mass is 324 g/mol. The van der Waals surface area contributed by atoms with Gasteiger partial charge in [0.25, 0.3) is 0 Å². The molecule has 0 spiro atoms. The van der Waals surface area contributed by atoms with Crippen LogP contribution in [-0.2, 0) is 19.1 Å². The maximum Gasteiger partial charge on any atom is 0.234 e. The van der Waals surface area contributed by atoms with Gasteiger partial charge in [0.05, 0.1) is 18.1 Å². The Balaban J connectivity index is 1.72. The van der Waals surface area contributed by atoms with Crippen LogP contribution < -0.4 is 10.6 Å². The summed E-state index contributed by atoms with van der Waals surface area (Å²) >= 11 is 1.45. The minimum atomic E-state index is -0.243. The van der Waals surface area contributed by atoms with Crippen LogP contribution in [0.3, 0.4) is 0 Å². The summed E-state index contributed by atoms with van der Waals surface area (Å²) in [5.74, 6) is 0.260. The van der Waals surface area contributed by atoms with Crippen LogP contribution in [0.5, 0.6) is 0 Å². The molecule has 2 heterocycles. The fraction of sp³-hybridized carbons (Fsp3) is 0.667. The summed E-state index contributed by atoms with van der Waals surface area (Å²) in [5, 5.41) is 5.49. The fourth-order valence-corrected chi connectivity index (χ4v) is 4.32. The number of nitrogens with one attached hydrogen (secondary N) is 2. The van der Waals surface area contributed by atoms with Crippen molar-refractivity contribution < 1.29 is 19.1 Å². The summed E-state index contributed by atoms with van der Waals surface area (Å²) < 4.78 is 5.79. The highest BCUT2D eigenvalue weighted by atomic mass is 32.2. The van der Waals surface area contributed by atoms with Crippen molar-refractivity contribution in [3.8, 4) is 0 Å². The number of hydrogen-bond acceptors (Lipinski definition) is 5. The number of thioether (sulfide) groups is 1. The number of hydrogen-bond donors (Lipinski definition) is 2. The molecule has 0 aromatic heterocycles. The summed E-state index contributed by atoms with van der Waals surface area (Å²) in [4.78, 5) is 36.0. The summed E-state index contributed by atoms with van der Waals surface area (Å²) in [6, 6.07) is 0. The van der Waals surface area contributed by atoms with Crippen LogP contribution in [0.2, 0.25) is 0 Å². The molecule has 0 bridgehead atoms. The Morgan fingerprint density at radius 1 is 1.27 bits per heavy atom. The molecule has 0 aromatic rings. The van der Waals surface area contributed by atoms with E-state index in [1.807, 2.05) is 0 Å². The molecule has 2 N–H and O–H groups in total. The summed E-state index contributed by atoms with van der Waals surface area (Å²) in [6.45, 7) is 4.59. The first-order chi connectivity index (χ1) is 10.4. The third-order valence-electron chi connectivity index (χ3n) is 4.61. The van der Waals surface area contributed by atoms with E-state index in [1.54, 1.807) is 0 Å². The fourth-order valence-electron chi connectivity index (χ4n) is 3.12. The third kappa shape index (κ3) is 2.79. The lowest BCUT2D eigenvalue weighted by molar-refractivity contribution is -0.124. The molecule has 0 unspecified atom stereocenters. The van der Waals surface area contributed by atoms with Crippen LogP contribution in [0, 0.1) is 11.3 Å². The molecule has 3 rings (SSSR count). The predicted octanol–water partition coefficient (Wildman–Crippen LogP) is 0.929. The van der Waals surface area contributed by atoms with Crippen LogP contribution in [-0.4, -0.2) is 36.2 Å². The van der Waals surface area contributed by atoms with E-state index in [4.69, 9.17) is 4.74 Å². The van der Waals surface area contributed by atoms with Gasteiger partial charge in [0, 0.05) is 29.6 Å². The van der Waals surface area contributed by atoms with Crippen LogP contribution in [0.25, 0.3) is 0 Å². The summed E-state index contributed by atoms with van der Waals surface area (Å²) in [7, 11) is 0. The zero-order valence-electron chi connectivity index (χ0n) is 12.7.